The fourth-order valence-corrected chi connectivity index (χ4v) is 5.02. The molecule has 0 bridgehead atoms. The molecule has 0 spiro atoms. The molecule has 0 unspecified atom stereocenters. The number of carbonyl (C=O) groups excluding carboxylic acids is 1. The van der Waals surface area contributed by atoms with Gasteiger partial charge < -0.3 is 14.3 Å². The maximum Gasteiger partial charge on any atom is 0.221 e. The highest BCUT2D eigenvalue weighted by Crippen LogP contribution is 2.39. The van der Waals surface area contributed by atoms with Crippen LogP contribution in [0.5, 0.6) is 0 Å². The first-order valence-electron chi connectivity index (χ1n) is 12.1. The molecule has 6 heteroatoms. The van der Waals surface area contributed by atoms with Crippen LogP contribution in [0.15, 0.2) is 95.7 Å². The minimum atomic E-state index is -0.346. The predicted octanol–water partition coefficient (Wildman–Crippen LogP) is 6.95. The van der Waals surface area contributed by atoms with Crippen LogP contribution in [0.1, 0.15) is 45.9 Å². The van der Waals surface area contributed by atoms with Crippen molar-refractivity contribution in [2.75, 3.05) is 0 Å². The van der Waals surface area contributed by atoms with Gasteiger partial charge in [-0.3, -0.25) is 4.79 Å². The van der Waals surface area contributed by atoms with E-state index in [-0.39, 0.29) is 18.2 Å². The molecular formula is C31H26ClN3O2. The second-order valence-electron chi connectivity index (χ2n) is 9.15. The Morgan fingerprint density at radius 1 is 1.03 bits per heavy atom. The van der Waals surface area contributed by atoms with Gasteiger partial charge in [-0.05, 0) is 47.9 Å². The lowest BCUT2D eigenvalue weighted by Gasteiger charge is -2.19. The summed E-state index contributed by atoms with van der Waals surface area (Å²) < 4.78 is 7.57. The van der Waals surface area contributed by atoms with Gasteiger partial charge in [-0.1, -0.05) is 71.8 Å². The molecule has 3 aromatic carbocycles. The Morgan fingerprint density at radius 3 is 2.59 bits per heavy atom. The third kappa shape index (κ3) is 5.30. The lowest BCUT2D eigenvalue weighted by molar-refractivity contribution is -0.121. The number of nitriles is 1. The molecule has 37 heavy (non-hydrogen) atoms. The summed E-state index contributed by atoms with van der Waals surface area (Å²) in [5, 5.41) is 14.0. The van der Waals surface area contributed by atoms with Crippen LogP contribution in [0.3, 0.4) is 0 Å². The molecule has 5 aromatic rings. The number of fused-ring (bicyclic) bond motifs is 1. The molecule has 1 N–H and O–H groups in total. The number of furan rings is 1. The van der Waals surface area contributed by atoms with Crippen LogP contribution in [0.2, 0.25) is 5.02 Å². The molecule has 5 nitrogen and oxygen atoms in total. The maximum atomic E-state index is 13.2. The summed E-state index contributed by atoms with van der Waals surface area (Å²) in [5.74, 6) is 0.209. The lowest BCUT2D eigenvalue weighted by atomic mass is 9.87. The van der Waals surface area contributed by atoms with E-state index >= 15 is 0 Å². The average Bonchev–Trinajstić information content (AvgIpc) is 3.56. The summed E-state index contributed by atoms with van der Waals surface area (Å²) in [6.45, 7) is 3.08. The molecule has 0 saturated carbocycles. The first-order chi connectivity index (χ1) is 18.0. The van der Waals surface area contributed by atoms with Gasteiger partial charge in [-0.15, -0.1) is 0 Å². The number of amides is 1. The molecule has 1 amide bonds. The molecule has 0 aliphatic heterocycles. The van der Waals surface area contributed by atoms with E-state index in [4.69, 9.17) is 16.0 Å². The van der Waals surface area contributed by atoms with E-state index in [1.165, 1.54) is 11.1 Å². The van der Waals surface area contributed by atoms with Crippen LogP contribution >= 0.6 is 11.6 Å². The van der Waals surface area contributed by atoms with E-state index in [2.05, 4.69) is 65.5 Å². The van der Waals surface area contributed by atoms with E-state index in [1.807, 2.05) is 30.3 Å². The second kappa shape index (κ2) is 10.8. The van der Waals surface area contributed by atoms with E-state index < -0.39 is 0 Å². The minimum absolute atomic E-state index is 0.129. The molecule has 2 aromatic heterocycles. The Labute approximate surface area is 220 Å². The zero-order chi connectivity index (χ0) is 25.8. The van der Waals surface area contributed by atoms with Crippen LogP contribution in [0, 0.1) is 18.3 Å². The van der Waals surface area contributed by atoms with Crippen molar-refractivity contribution in [3.8, 4) is 6.07 Å². The second-order valence-corrected chi connectivity index (χ2v) is 9.53. The average molecular weight is 508 g/mol. The van der Waals surface area contributed by atoms with Crippen molar-refractivity contribution < 1.29 is 9.21 Å². The number of hydrogen-bond acceptors (Lipinski definition) is 3. The highest BCUT2D eigenvalue weighted by atomic mass is 35.5. The number of hydrogen-bond donors (Lipinski definition) is 1. The van der Waals surface area contributed by atoms with E-state index in [9.17, 15) is 10.1 Å². The van der Waals surface area contributed by atoms with Crippen molar-refractivity contribution in [3.63, 3.8) is 0 Å². The summed E-state index contributed by atoms with van der Waals surface area (Å²) >= 11 is 6.72. The Balaban J connectivity index is 1.56. The van der Waals surface area contributed by atoms with Gasteiger partial charge in [0.15, 0.2) is 0 Å². The molecule has 184 valence electrons. The van der Waals surface area contributed by atoms with Gasteiger partial charge in [0.1, 0.15) is 11.8 Å². The van der Waals surface area contributed by atoms with Gasteiger partial charge in [-0.25, -0.2) is 0 Å². The van der Waals surface area contributed by atoms with Gasteiger partial charge >= 0.3 is 0 Å². The molecule has 2 heterocycles. The van der Waals surface area contributed by atoms with Crippen molar-refractivity contribution in [3.05, 3.63) is 130 Å². The summed E-state index contributed by atoms with van der Waals surface area (Å²) in [6.07, 6.45) is 3.87. The van der Waals surface area contributed by atoms with Gasteiger partial charge in [0.2, 0.25) is 5.91 Å². The number of nitrogens with one attached hydrogen (secondary N) is 1. The molecule has 0 fully saturated rings. The van der Waals surface area contributed by atoms with E-state index in [0.29, 0.717) is 29.4 Å². The Kier molecular flexibility index (Phi) is 7.11. The molecule has 0 radical (unpaired) electrons. The van der Waals surface area contributed by atoms with Crippen LogP contribution in [-0.4, -0.2) is 10.5 Å². The third-order valence-electron chi connectivity index (χ3n) is 6.62. The number of benzene rings is 3. The number of aryl methyl sites for hydroxylation is 1. The number of para-hydroxylation sites is 1. The third-order valence-corrected chi connectivity index (χ3v) is 7.04. The molecule has 0 aliphatic carbocycles. The number of halogens is 1. The fraction of sp³-hybridized carbons (Fsp3) is 0.161. The zero-order valence-corrected chi connectivity index (χ0v) is 21.2. The molecule has 5 rings (SSSR count). The number of carbonyl (C=O) groups is 1. The summed E-state index contributed by atoms with van der Waals surface area (Å²) in [4.78, 5) is 13.2. The number of aromatic nitrogens is 1. The van der Waals surface area contributed by atoms with Gasteiger partial charge in [-0.2, -0.15) is 5.26 Å². The quantitative estimate of drug-likeness (QED) is 0.247. The summed E-state index contributed by atoms with van der Waals surface area (Å²) in [5.41, 5.74) is 5.62. The predicted molar refractivity (Wildman–Crippen MR) is 145 cm³/mol. The Bertz CT molecular complexity index is 1580. The van der Waals surface area contributed by atoms with Crippen LogP contribution < -0.4 is 5.32 Å². The molecule has 0 aliphatic rings. The Morgan fingerprint density at radius 2 is 1.84 bits per heavy atom. The smallest absolute Gasteiger partial charge is 0.221 e. The van der Waals surface area contributed by atoms with Crippen LogP contribution in [0.4, 0.5) is 0 Å². The topological polar surface area (TPSA) is 71.0 Å². The monoisotopic (exact) mass is 507 g/mol. The van der Waals surface area contributed by atoms with E-state index in [0.717, 1.165) is 22.0 Å². The molecule has 0 saturated heterocycles. The van der Waals surface area contributed by atoms with Crippen molar-refractivity contribution >= 4 is 28.4 Å². The van der Waals surface area contributed by atoms with Crippen LogP contribution in [0.25, 0.3) is 10.9 Å². The minimum Gasteiger partial charge on any atom is -0.467 e. The van der Waals surface area contributed by atoms with Crippen molar-refractivity contribution in [2.24, 2.45) is 0 Å². The zero-order valence-electron chi connectivity index (χ0n) is 20.4. The van der Waals surface area contributed by atoms with Crippen molar-refractivity contribution in [1.29, 1.82) is 5.26 Å². The number of rotatable bonds is 8. The van der Waals surface area contributed by atoms with Crippen molar-refractivity contribution in [2.45, 2.75) is 32.4 Å². The van der Waals surface area contributed by atoms with E-state index in [1.54, 1.807) is 18.4 Å². The SMILES string of the molecule is Cc1ccc(Cn2cc([C@@H](CC(=O)NCc3ccco3)c3cccc(C#N)c3Cl)c3ccccc32)cc1. The highest BCUT2D eigenvalue weighted by Gasteiger charge is 2.25. The van der Waals surface area contributed by atoms with Gasteiger partial charge in [0.25, 0.3) is 0 Å². The van der Waals surface area contributed by atoms with Gasteiger partial charge in [0.05, 0.1) is 23.4 Å². The normalized spacial score (nSPS) is 11.8. The Hall–Kier alpha value is -4.27. The lowest BCUT2D eigenvalue weighted by Crippen LogP contribution is -2.25. The highest BCUT2D eigenvalue weighted by molar-refractivity contribution is 6.32. The number of nitrogens with zero attached hydrogens (tertiary/aromatic N) is 2. The van der Waals surface area contributed by atoms with Crippen LogP contribution in [-0.2, 0) is 17.9 Å². The summed E-state index contributed by atoms with van der Waals surface area (Å²) in [7, 11) is 0. The summed E-state index contributed by atoms with van der Waals surface area (Å²) in [6, 6.07) is 27.9. The maximum absolute atomic E-state index is 13.2. The molecule has 1 atom stereocenters. The standard InChI is InChI=1S/C31H26ClN3O2/c1-21-11-13-22(14-12-21)19-35-20-28(25-8-2-3-10-29(25)35)27(26-9-4-6-23(17-33)31(26)32)16-30(36)34-18-24-7-5-15-37-24/h2-15,20,27H,16,18-19H2,1H3,(H,34,36)/t27-/m0/s1. The first-order valence-corrected chi connectivity index (χ1v) is 12.5. The first kappa shape index (κ1) is 24.4. The largest absolute Gasteiger partial charge is 0.467 e. The van der Waals surface area contributed by atoms with Gasteiger partial charge in [0, 0.05) is 36.0 Å². The van der Waals surface area contributed by atoms with Crippen molar-refractivity contribution in [1.82, 2.24) is 9.88 Å². The molecular weight excluding hydrogens is 482 g/mol. The fourth-order valence-electron chi connectivity index (χ4n) is 4.72.